The number of fused-ring (bicyclic) bond motifs is 1. The molecule has 0 saturated carbocycles. The smallest absolute Gasteiger partial charge is 0.262 e. The van der Waals surface area contributed by atoms with E-state index in [-0.39, 0.29) is 6.54 Å². The summed E-state index contributed by atoms with van der Waals surface area (Å²) in [4.78, 5) is 49.0. The van der Waals surface area contributed by atoms with Gasteiger partial charge in [-0.1, -0.05) is 12.1 Å². The van der Waals surface area contributed by atoms with E-state index in [9.17, 15) is 14.4 Å². The van der Waals surface area contributed by atoms with Gasteiger partial charge in [0.15, 0.2) is 0 Å². The van der Waals surface area contributed by atoms with Crippen molar-refractivity contribution in [3.8, 4) is 0 Å². The highest BCUT2D eigenvalue weighted by molar-refractivity contribution is 6.22. The second kappa shape index (κ2) is 8.48. The number of aromatic nitrogens is 2. The van der Waals surface area contributed by atoms with Gasteiger partial charge in [-0.15, -0.1) is 0 Å². The summed E-state index contributed by atoms with van der Waals surface area (Å²) in [6.45, 7) is 4.38. The van der Waals surface area contributed by atoms with Crippen molar-refractivity contribution in [1.82, 2.24) is 20.2 Å². The van der Waals surface area contributed by atoms with Crippen LogP contribution in [0.25, 0.3) is 0 Å². The van der Waals surface area contributed by atoms with Crippen LogP contribution in [0.5, 0.6) is 0 Å². The normalized spacial score (nSPS) is 15.5. The Morgan fingerprint density at radius 2 is 1.70 bits per heavy atom. The quantitative estimate of drug-likeness (QED) is 0.524. The summed E-state index contributed by atoms with van der Waals surface area (Å²) in [6.07, 6.45) is 2.34. The van der Waals surface area contributed by atoms with Crippen molar-refractivity contribution in [2.24, 2.45) is 0 Å². The van der Waals surface area contributed by atoms with Gasteiger partial charge in [0.1, 0.15) is 12.4 Å². The lowest BCUT2D eigenvalue weighted by atomic mass is 10.1. The summed E-state index contributed by atoms with van der Waals surface area (Å²) in [5.41, 5.74) is 1.55. The maximum atomic E-state index is 12.3. The summed E-state index contributed by atoms with van der Waals surface area (Å²) < 4.78 is 0. The van der Waals surface area contributed by atoms with Crippen molar-refractivity contribution in [2.45, 2.75) is 19.8 Å². The molecule has 9 heteroatoms. The Morgan fingerprint density at radius 3 is 2.37 bits per heavy atom. The van der Waals surface area contributed by atoms with Crippen LogP contribution in [0, 0.1) is 6.92 Å². The molecule has 30 heavy (non-hydrogen) atoms. The van der Waals surface area contributed by atoms with E-state index >= 15 is 0 Å². The number of carbonyl (C=O) groups excluding carboxylic acids is 3. The number of carbonyl (C=O) groups is 3. The molecule has 156 valence electrons. The fourth-order valence-electron chi connectivity index (χ4n) is 3.70. The molecule has 1 fully saturated rings. The number of hydrogen-bond donors (Lipinski definition) is 2. The summed E-state index contributed by atoms with van der Waals surface area (Å²) in [6, 6.07) is 8.55. The fourth-order valence-corrected chi connectivity index (χ4v) is 3.70. The van der Waals surface area contributed by atoms with Crippen LogP contribution in [-0.4, -0.2) is 65.3 Å². The van der Waals surface area contributed by atoms with Crippen LogP contribution in [0.2, 0.25) is 0 Å². The number of rotatable bonds is 7. The number of hydrogen-bond acceptors (Lipinski definition) is 7. The molecule has 0 atom stereocenters. The second-order valence-corrected chi connectivity index (χ2v) is 7.40. The van der Waals surface area contributed by atoms with Crippen LogP contribution >= 0.6 is 0 Å². The third-order valence-electron chi connectivity index (χ3n) is 5.18. The number of anilines is 2. The van der Waals surface area contributed by atoms with Crippen LogP contribution in [0.15, 0.2) is 30.3 Å². The van der Waals surface area contributed by atoms with Gasteiger partial charge < -0.3 is 15.5 Å². The Hall–Kier alpha value is -3.49. The monoisotopic (exact) mass is 408 g/mol. The Kier molecular flexibility index (Phi) is 5.60. The van der Waals surface area contributed by atoms with Gasteiger partial charge in [-0.05, 0) is 31.9 Å². The molecule has 1 saturated heterocycles. The lowest BCUT2D eigenvalue weighted by Crippen LogP contribution is -2.41. The Labute approximate surface area is 174 Å². The maximum absolute atomic E-state index is 12.3. The van der Waals surface area contributed by atoms with Crippen molar-refractivity contribution < 1.29 is 14.4 Å². The van der Waals surface area contributed by atoms with Gasteiger partial charge in [0.2, 0.25) is 11.9 Å². The molecule has 3 amide bonds. The zero-order valence-corrected chi connectivity index (χ0v) is 16.9. The van der Waals surface area contributed by atoms with Crippen molar-refractivity contribution in [2.75, 3.05) is 42.9 Å². The van der Waals surface area contributed by atoms with Crippen LogP contribution in [0.3, 0.4) is 0 Å². The van der Waals surface area contributed by atoms with Crippen LogP contribution in [0.1, 0.15) is 39.3 Å². The molecule has 2 N–H and O–H groups in total. The van der Waals surface area contributed by atoms with E-state index in [0.29, 0.717) is 30.2 Å². The van der Waals surface area contributed by atoms with E-state index in [1.165, 1.54) is 12.8 Å². The van der Waals surface area contributed by atoms with E-state index in [2.05, 4.69) is 25.5 Å². The molecular formula is C21H24N6O3. The zero-order chi connectivity index (χ0) is 21.1. The largest absolute Gasteiger partial charge is 0.356 e. The minimum Gasteiger partial charge on any atom is -0.356 e. The Morgan fingerprint density at radius 1 is 1.03 bits per heavy atom. The molecule has 4 rings (SSSR count). The second-order valence-electron chi connectivity index (χ2n) is 7.40. The zero-order valence-electron chi connectivity index (χ0n) is 16.9. The van der Waals surface area contributed by atoms with Gasteiger partial charge in [-0.25, -0.2) is 4.98 Å². The molecule has 1 aromatic carbocycles. The number of aryl methyl sites for hydroxylation is 1. The fraction of sp³-hybridized carbons (Fsp3) is 0.381. The molecule has 2 aromatic rings. The number of imide groups is 1. The minimum absolute atomic E-state index is 0.299. The Bertz CT molecular complexity index is 951. The third kappa shape index (κ3) is 4.10. The van der Waals surface area contributed by atoms with E-state index in [1.807, 2.05) is 13.0 Å². The Balaban J connectivity index is 1.26. The van der Waals surface area contributed by atoms with Crippen LogP contribution in [0.4, 0.5) is 11.8 Å². The topological polar surface area (TPSA) is 108 Å². The first-order valence-corrected chi connectivity index (χ1v) is 10.1. The molecule has 0 spiro atoms. The highest BCUT2D eigenvalue weighted by Crippen LogP contribution is 2.22. The average molecular weight is 408 g/mol. The number of nitrogens with one attached hydrogen (secondary N) is 2. The summed E-state index contributed by atoms with van der Waals surface area (Å²) >= 11 is 0. The molecule has 0 unspecified atom stereocenters. The van der Waals surface area contributed by atoms with E-state index in [1.54, 1.807) is 24.3 Å². The molecular weight excluding hydrogens is 384 g/mol. The van der Waals surface area contributed by atoms with Gasteiger partial charge in [-0.3, -0.25) is 19.3 Å². The molecule has 9 nitrogen and oxygen atoms in total. The minimum atomic E-state index is -0.438. The standard InChI is InChI=1S/C21H24N6O3/c1-14-12-17(26-10-4-5-11-26)25-21(24-14)23-9-8-22-18(28)13-27-19(29)15-6-2-3-7-16(15)20(27)30/h2-3,6-7,12H,4-5,8-11,13H2,1H3,(H,22,28)(H,23,24,25). The third-order valence-corrected chi connectivity index (χ3v) is 5.18. The molecule has 1 aromatic heterocycles. The molecule has 0 bridgehead atoms. The average Bonchev–Trinajstić information content (AvgIpc) is 3.35. The lowest BCUT2D eigenvalue weighted by Gasteiger charge is -2.18. The first kappa shape index (κ1) is 19.8. The summed E-state index contributed by atoms with van der Waals surface area (Å²) in [7, 11) is 0. The predicted molar refractivity (Wildman–Crippen MR) is 112 cm³/mol. The predicted octanol–water partition coefficient (Wildman–Crippen LogP) is 1.21. The van der Waals surface area contributed by atoms with Crippen molar-refractivity contribution in [1.29, 1.82) is 0 Å². The van der Waals surface area contributed by atoms with Crippen LogP contribution in [-0.2, 0) is 4.79 Å². The molecule has 2 aliphatic heterocycles. The van der Waals surface area contributed by atoms with Gasteiger partial charge in [0, 0.05) is 37.9 Å². The molecule has 2 aliphatic rings. The SMILES string of the molecule is Cc1cc(N2CCCC2)nc(NCCNC(=O)CN2C(=O)c3ccccc3C2=O)n1. The maximum Gasteiger partial charge on any atom is 0.262 e. The van der Waals surface area contributed by atoms with Crippen LogP contribution < -0.4 is 15.5 Å². The van der Waals surface area contributed by atoms with Gasteiger partial charge in [0.05, 0.1) is 11.1 Å². The highest BCUT2D eigenvalue weighted by Gasteiger charge is 2.36. The molecule has 0 aliphatic carbocycles. The number of amides is 3. The summed E-state index contributed by atoms with van der Waals surface area (Å²) in [5, 5.41) is 5.84. The van der Waals surface area contributed by atoms with E-state index in [0.717, 1.165) is 29.5 Å². The van der Waals surface area contributed by atoms with E-state index < -0.39 is 17.7 Å². The highest BCUT2D eigenvalue weighted by atomic mass is 16.2. The van der Waals surface area contributed by atoms with Gasteiger partial charge in [-0.2, -0.15) is 4.98 Å². The first-order chi connectivity index (χ1) is 14.5. The number of nitrogens with zero attached hydrogens (tertiary/aromatic N) is 4. The first-order valence-electron chi connectivity index (χ1n) is 10.1. The van der Waals surface area contributed by atoms with Gasteiger partial charge >= 0.3 is 0 Å². The van der Waals surface area contributed by atoms with Gasteiger partial charge in [0.25, 0.3) is 11.8 Å². The molecule has 3 heterocycles. The number of benzene rings is 1. The molecule has 0 radical (unpaired) electrons. The summed E-state index contributed by atoms with van der Waals surface area (Å²) in [5.74, 6) is 0.163. The van der Waals surface area contributed by atoms with Crippen molar-refractivity contribution in [3.05, 3.63) is 47.2 Å². The lowest BCUT2D eigenvalue weighted by molar-refractivity contribution is -0.121. The van der Waals surface area contributed by atoms with Crippen molar-refractivity contribution in [3.63, 3.8) is 0 Å². The van der Waals surface area contributed by atoms with Crippen molar-refractivity contribution >= 4 is 29.5 Å². The van der Waals surface area contributed by atoms with E-state index in [4.69, 9.17) is 0 Å².